The number of nitrogens with zero attached hydrogens (tertiary/aromatic N) is 3. The van der Waals surface area contributed by atoms with Gasteiger partial charge in [0.2, 0.25) is 5.28 Å². The van der Waals surface area contributed by atoms with E-state index < -0.39 is 0 Å². The molecular formula is C15H18ClN3O2. The van der Waals surface area contributed by atoms with E-state index in [2.05, 4.69) is 21.0 Å². The number of hydrogen-bond donors (Lipinski definition) is 0. The smallest absolute Gasteiger partial charge is 0.329 e. The third-order valence-corrected chi connectivity index (χ3v) is 3.14. The molecule has 0 radical (unpaired) electrons. The monoisotopic (exact) mass is 307 g/mol. The Balaban J connectivity index is 2.29. The van der Waals surface area contributed by atoms with E-state index in [4.69, 9.17) is 21.1 Å². The van der Waals surface area contributed by atoms with E-state index in [-0.39, 0.29) is 17.3 Å². The van der Waals surface area contributed by atoms with Crippen LogP contribution in [0.5, 0.6) is 17.8 Å². The van der Waals surface area contributed by atoms with E-state index in [1.807, 2.05) is 33.8 Å². The Hall–Kier alpha value is -1.88. The van der Waals surface area contributed by atoms with Crippen LogP contribution in [0.2, 0.25) is 5.28 Å². The van der Waals surface area contributed by atoms with Gasteiger partial charge < -0.3 is 9.47 Å². The minimum absolute atomic E-state index is 0.0492. The maximum atomic E-state index is 5.88. The first kappa shape index (κ1) is 15.5. The molecule has 1 aromatic carbocycles. The third kappa shape index (κ3) is 4.04. The Bertz CT molecular complexity index is 647. The van der Waals surface area contributed by atoms with Crippen molar-refractivity contribution in [2.45, 2.75) is 34.1 Å². The molecule has 0 saturated heterocycles. The molecule has 0 aliphatic heterocycles. The van der Waals surface area contributed by atoms with Crippen LogP contribution in [-0.2, 0) is 0 Å². The molecule has 0 aliphatic carbocycles. The highest BCUT2D eigenvalue weighted by atomic mass is 35.5. The Morgan fingerprint density at radius 2 is 1.76 bits per heavy atom. The molecule has 6 heteroatoms. The fourth-order valence-electron chi connectivity index (χ4n) is 1.82. The summed E-state index contributed by atoms with van der Waals surface area (Å²) in [6.45, 7) is 8.55. The van der Waals surface area contributed by atoms with Gasteiger partial charge in [-0.25, -0.2) is 0 Å². The van der Waals surface area contributed by atoms with E-state index >= 15 is 0 Å². The van der Waals surface area contributed by atoms with Crippen molar-refractivity contribution in [1.29, 1.82) is 0 Å². The fraction of sp³-hybridized carbons (Fsp3) is 0.400. The number of ether oxygens (including phenoxy) is 2. The summed E-state index contributed by atoms with van der Waals surface area (Å²) in [6, 6.07) is 4.34. The summed E-state index contributed by atoms with van der Waals surface area (Å²) in [5.74, 6) is 0.705. The second-order valence-electron chi connectivity index (χ2n) is 4.83. The highest BCUT2D eigenvalue weighted by Gasteiger charge is 2.11. The highest BCUT2D eigenvalue weighted by molar-refractivity contribution is 6.28. The van der Waals surface area contributed by atoms with Gasteiger partial charge in [0.1, 0.15) is 5.75 Å². The van der Waals surface area contributed by atoms with Gasteiger partial charge in [-0.3, -0.25) is 0 Å². The third-order valence-electron chi connectivity index (χ3n) is 2.97. The normalized spacial score (nSPS) is 10.5. The number of aromatic nitrogens is 3. The number of rotatable bonds is 5. The number of hydrogen-bond acceptors (Lipinski definition) is 5. The standard InChI is InChI=1S/C15H18ClN3O2/c1-5-6-20-14-17-13(16)18-15(19-14)21-12-8-9(2)7-10(3)11(12)4/h7-8H,5-6H2,1-4H3. The molecule has 1 aromatic heterocycles. The van der Waals surface area contributed by atoms with Crippen molar-refractivity contribution >= 4 is 11.6 Å². The molecule has 112 valence electrons. The number of halogens is 1. The van der Waals surface area contributed by atoms with E-state index in [0.29, 0.717) is 12.4 Å². The second-order valence-corrected chi connectivity index (χ2v) is 5.16. The molecule has 0 amide bonds. The molecular weight excluding hydrogens is 290 g/mol. The van der Waals surface area contributed by atoms with Gasteiger partial charge in [0.05, 0.1) is 6.61 Å². The van der Waals surface area contributed by atoms with Gasteiger partial charge in [-0.15, -0.1) is 4.98 Å². The molecule has 1 heterocycles. The van der Waals surface area contributed by atoms with E-state index in [0.717, 1.165) is 23.1 Å². The molecule has 0 atom stereocenters. The van der Waals surface area contributed by atoms with Crippen molar-refractivity contribution in [3.8, 4) is 17.8 Å². The lowest BCUT2D eigenvalue weighted by molar-refractivity contribution is 0.284. The zero-order valence-electron chi connectivity index (χ0n) is 12.6. The van der Waals surface area contributed by atoms with Gasteiger partial charge in [0.25, 0.3) is 0 Å². The summed E-state index contributed by atoms with van der Waals surface area (Å²) in [4.78, 5) is 12.0. The first-order chi connectivity index (χ1) is 9.99. The first-order valence-electron chi connectivity index (χ1n) is 6.79. The molecule has 0 bridgehead atoms. The summed E-state index contributed by atoms with van der Waals surface area (Å²) < 4.78 is 11.1. The minimum Gasteiger partial charge on any atom is -0.463 e. The lowest BCUT2D eigenvalue weighted by Gasteiger charge is -2.11. The van der Waals surface area contributed by atoms with Gasteiger partial charge >= 0.3 is 12.0 Å². The predicted octanol–water partition coefficient (Wildman–Crippen LogP) is 4.03. The fourth-order valence-corrected chi connectivity index (χ4v) is 1.97. The van der Waals surface area contributed by atoms with Crippen LogP contribution in [0.15, 0.2) is 12.1 Å². The lowest BCUT2D eigenvalue weighted by atomic mass is 10.1. The summed E-state index contributed by atoms with van der Waals surface area (Å²) in [7, 11) is 0. The lowest BCUT2D eigenvalue weighted by Crippen LogP contribution is -2.03. The molecule has 0 saturated carbocycles. The molecule has 5 nitrogen and oxygen atoms in total. The van der Waals surface area contributed by atoms with Crippen LogP contribution in [0, 0.1) is 20.8 Å². The van der Waals surface area contributed by atoms with Crippen LogP contribution in [0.1, 0.15) is 30.0 Å². The quantitative estimate of drug-likeness (QED) is 0.834. The zero-order valence-corrected chi connectivity index (χ0v) is 13.4. The van der Waals surface area contributed by atoms with Crippen molar-refractivity contribution < 1.29 is 9.47 Å². The van der Waals surface area contributed by atoms with Crippen LogP contribution >= 0.6 is 11.6 Å². The SMILES string of the molecule is CCCOc1nc(Cl)nc(Oc2cc(C)cc(C)c2C)n1. The van der Waals surface area contributed by atoms with E-state index in [1.54, 1.807) is 0 Å². The van der Waals surface area contributed by atoms with Crippen LogP contribution in [0.3, 0.4) is 0 Å². The zero-order chi connectivity index (χ0) is 15.4. The van der Waals surface area contributed by atoms with Gasteiger partial charge in [0, 0.05) is 0 Å². The Morgan fingerprint density at radius 1 is 1.05 bits per heavy atom. The van der Waals surface area contributed by atoms with E-state index in [9.17, 15) is 0 Å². The number of aryl methyl sites for hydroxylation is 2. The largest absolute Gasteiger partial charge is 0.463 e. The summed E-state index contributed by atoms with van der Waals surface area (Å²) >= 11 is 5.88. The van der Waals surface area contributed by atoms with Crippen LogP contribution < -0.4 is 9.47 Å². The second kappa shape index (κ2) is 6.72. The van der Waals surface area contributed by atoms with Crippen molar-refractivity contribution in [3.05, 3.63) is 34.1 Å². The van der Waals surface area contributed by atoms with Crippen molar-refractivity contribution in [2.75, 3.05) is 6.61 Å². The summed E-state index contributed by atoms with van der Waals surface area (Å²) in [5, 5.41) is 0.0492. The Kier molecular flexibility index (Phi) is 4.96. The predicted molar refractivity (Wildman–Crippen MR) is 81.4 cm³/mol. The first-order valence-corrected chi connectivity index (χ1v) is 7.17. The maximum Gasteiger partial charge on any atom is 0.329 e. The van der Waals surface area contributed by atoms with Crippen LogP contribution in [0.4, 0.5) is 0 Å². The molecule has 21 heavy (non-hydrogen) atoms. The average Bonchev–Trinajstić information content (AvgIpc) is 2.41. The van der Waals surface area contributed by atoms with Crippen molar-refractivity contribution in [3.63, 3.8) is 0 Å². The van der Waals surface area contributed by atoms with Gasteiger partial charge in [-0.05, 0) is 61.5 Å². The topological polar surface area (TPSA) is 57.1 Å². The van der Waals surface area contributed by atoms with Crippen molar-refractivity contribution in [1.82, 2.24) is 15.0 Å². The molecule has 2 aromatic rings. The molecule has 2 rings (SSSR count). The van der Waals surface area contributed by atoms with E-state index in [1.165, 1.54) is 0 Å². The van der Waals surface area contributed by atoms with Crippen LogP contribution in [0.25, 0.3) is 0 Å². The molecule has 0 aliphatic rings. The van der Waals surface area contributed by atoms with Crippen molar-refractivity contribution in [2.24, 2.45) is 0 Å². The maximum absolute atomic E-state index is 5.88. The van der Waals surface area contributed by atoms with Gasteiger partial charge in [-0.2, -0.15) is 9.97 Å². The van der Waals surface area contributed by atoms with Gasteiger partial charge in [-0.1, -0.05) is 13.0 Å². The molecule has 0 spiro atoms. The van der Waals surface area contributed by atoms with Gasteiger partial charge in [0.15, 0.2) is 0 Å². The minimum atomic E-state index is 0.0492. The number of benzene rings is 1. The van der Waals surface area contributed by atoms with Crippen LogP contribution in [-0.4, -0.2) is 21.6 Å². The Labute approximate surface area is 129 Å². The highest BCUT2D eigenvalue weighted by Crippen LogP contribution is 2.27. The summed E-state index contributed by atoms with van der Waals surface area (Å²) in [6.07, 6.45) is 0.857. The molecule has 0 fully saturated rings. The molecule has 0 unspecified atom stereocenters. The average molecular weight is 308 g/mol. The summed E-state index contributed by atoms with van der Waals surface area (Å²) in [5.41, 5.74) is 3.29. The molecule has 0 N–H and O–H groups in total. The Morgan fingerprint density at radius 3 is 2.48 bits per heavy atom.